The average molecular weight is 542 g/mol. The van der Waals surface area contributed by atoms with Gasteiger partial charge >= 0.3 is 0 Å². The fourth-order valence-corrected chi connectivity index (χ4v) is 5.39. The molecule has 2 aliphatic carbocycles. The van der Waals surface area contributed by atoms with Crippen LogP contribution in [0.25, 0.3) is 0 Å². The van der Waals surface area contributed by atoms with E-state index in [0.29, 0.717) is 23.2 Å². The number of aromatic amines is 1. The molecule has 3 aromatic heterocycles. The Morgan fingerprint density at radius 3 is 2.46 bits per heavy atom. The predicted molar refractivity (Wildman–Crippen MR) is 139 cm³/mol. The van der Waals surface area contributed by atoms with Crippen molar-refractivity contribution in [2.45, 2.75) is 70.5 Å². The van der Waals surface area contributed by atoms with Crippen molar-refractivity contribution in [3.05, 3.63) is 64.6 Å². The second-order valence-corrected chi connectivity index (χ2v) is 10.8. The number of nitrogens with zero attached hydrogens (tertiary/aromatic N) is 4. The largest absolute Gasteiger partial charge is 0.339 e. The quantitative estimate of drug-likeness (QED) is 0.322. The number of carbonyl (C=O) groups is 2. The number of halogens is 2. The van der Waals surface area contributed by atoms with Crippen LogP contribution in [0.1, 0.15) is 74.1 Å². The van der Waals surface area contributed by atoms with Crippen molar-refractivity contribution in [2.24, 2.45) is 17.8 Å². The molecule has 0 bridgehead atoms. The zero-order chi connectivity index (χ0) is 27.7. The third kappa shape index (κ3) is 6.10. The number of rotatable bonds is 12. The molecule has 0 radical (unpaired) electrons. The van der Waals surface area contributed by atoms with Gasteiger partial charge in [-0.15, -0.1) is 0 Å². The Kier molecular flexibility index (Phi) is 7.62. The summed E-state index contributed by atoms with van der Waals surface area (Å²) in [5, 5.41) is 14.2. The highest BCUT2D eigenvalue weighted by Gasteiger charge is 2.48. The molecule has 2 fully saturated rings. The van der Waals surface area contributed by atoms with E-state index in [1.54, 1.807) is 23.0 Å². The van der Waals surface area contributed by atoms with E-state index in [-0.39, 0.29) is 29.3 Å². The van der Waals surface area contributed by atoms with Gasteiger partial charge in [0.2, 0.25) is 12.3 Å². The monoisotopic (exact) mass is 541 g/mol. The fourth-order valence-electron chi connectivity index (χ4n) is 5.39. The summed E-state index contributed by atoms with van der Waals surface area (Å²) in [4.78, 5) is 41.8. The standard InChI is InChI=1S/C27H33F2N7O3/c1-15(2)36-20(9-11-31-36)26(38)34-24(23(16-5-6-16)17-7-8-17)27(39)33-18-13-32-35(14-18)21(12-22(28)29)19-4-3-10-30-25(19)37/h3-4,9-11,13-17,21-24H,5-8,12H2,1-2H3,(H,30,37)(H,33,39)(H,34,38). The molecule has 2 amide bonds. The van der Waals surface area contributed by atoms with Gasteiger partial charge in [0.15, 0.2) is 0 Å². The van der Waals surface area contributed by atoms with Crippen LogP contribution in [0.2, 0.25) is 0 Å². The molecule has 0 aromatic carbocycles. The summed E-state index contributed by atoms with van der Waals surface area (Å²) in [5.74, 6) is -0.0131. The van der Waals surface area contributed by atoms with Crippen molar-refractivity contribution in [3.8, 4) is 0 Å². The molecular formula is C27H33F2N7O3. The molecule has 3 N–H and O–H groups in total. The summed E-state index contributed by atoms with van der Waals surface area (Å²) >= 11 is 0. The van der Waals surface area contributed by atoms with E-state index < -0.39 is 30.5 Å². The molecule has 2 saturated carbocycles. The lowest BCUT2D eigenvalue weighted by Crippen LogP contribution is -2.50. The van der Waals surface area contributed by atoms with Gasteiger partial charge in [0, 0.05) is 36.6 Å². The van der Waals surface area contributed by atoms with Gasteiger partial charge in [0.1, 0.15) is 11.7 Å². The van der Waals surface area contributed by atoms with Gasteiger partial charge in [-0.1, -0.05) is 0 Å². The fraction of sp³-hybridized carbons (Fsp3) is 0.519. The number of amides is 2. The van der Waals surface area contributed by atoms with Gasteiger partial charge in [0.25, 0.3) is 11.5 Å². The van der Waals surface area contributed by atoms with E-state index in [1.807, 2.05) is 13.8 Å². The second-order valence-electron chi connectivity index (χ2n) is 10.8. The Morgan fingerprint density at radius 2 is 1.85 bits per heavy atom. The molecule has 2 unspecified atom stereocenters. The van der Waals surface area contributed by atoms with Crippen molar-refractivity contribution in [1.82, 2.24) is 29.9 Å². The lowest BCUT2D eigenvalue weighted by Gasteiger charge is -2.27. The van der Waals surface area contributed by atoms with Gasteiger partial charge in [-0.3, -0.25) is 23.7 Å². The molecular weight excluding hydrogens is 508 g/mol. The van der Waals surface area contributed by atoms with Crippen molar-refractivity contribution in [3.63, 3.8) is 0 Å². The maximum atomic E-state index is 13.7. The molecule has 5 rings (SSSR count). The van der Waals surface area contributed by atoms with Gasteiger partial charge in [-0.25, -0.2) is 8.78 Å². The Labute approximate surface area is 224 Å². The normalized spacial score (nSPS) is 17.0. The summed E-state index contributed by atoms with van der Waals surface area (Å²) in [6, 6.07) is 2.86. The third-order valence-corrected chi connectivity index (χ3v) is 7.48. The molecule has 3 aromatic rings. The zero-order valence-electron chi connectivity index (χ0n) is 21.9. The van der Waals surface area contributed by atoms with Crippen LogP contribution in [0.15, 0.2) is 47.8 Å². The average Bonchev–Trinajstić information content (AvgIpc) is 3.81. The molecule has 10 nitrogen and oxygen atoms in total. The number of aromatic nitrogens is 5. The summed E-state index contributed by atoms with van der Waals surface area (Å²) < 4.78 is 29.7. The lowest BCUT2D eigenvalue weighted by atomic mass is 9.88. The smallest absolute Gasteiger partial charge is 0.270 e. The van der Waals surface area contributed by atoms with Crippen LogP contribution < -0.4 is 16.2 Å². The van der Waals surface area contributed by atoms with E-state index in [1.165, 1.54) is 29.3 Å². The summed E-state index contributed by atoms with van der Waals surface area (Å²) in [6.45, 7) is 3.85. The van der Waals surface area contributed by atoms with Crippen LogP contribution in [0.5, 0.6) is 0 Å². The minimum absolute atomic E-state index is 0.00822. The minimum Gasteiger partial charge on any atom is -0.339 e. The maximum absolute atomic E-state index is 13.7. The highest BCUT2D eigenvalue weighted by molar-refractivity contribution is 6.00. The second kappa shape index (κ2) is 11.1. The summed E-state index contributed by atoms with van der Waals surface area (Å²) in [5.41, 5.74) is 0.338. The number of anilines is 1. The van der Waals surface area contributed by atoms with Crippen LogP contribution in [-0.2, 0) is 4.79 Å². The van der Waals surface area contributed by atoms with Gasteiger partial charge in [-0.05, 0) is 75.5 Å². The van der Waals surface area contributed by atoms with Crippen LogP contribution in [0, 0.1) is 17.8 Å². The van der Waals surface area contributed by atoms with E-state index in [4.69, 9.17) is 0 Å². The predicted octanol–water partition coefficient (Wildman–Crippen LogP) is 3.77. The van der Waals surface area contributed by atoms with Gasteiger partial charge in [0.05, 0.1) is 17.9 Å². The Morgan fingerprint density at radius 1 is 1.13 bits per heavy atom. The molecule has 208 valence electrons. The van der Waals surface area contributed by atoms with E-state index in [2.05, 4.69) is 25.8 Å². The highest BCUT2D eigenvalue weighted by atomic mass is 19.3. The van der Waals surface area contributed by atoms with Gasteiger partial charge in [-0.2, -0.15) is 10.2 Å². The summed E-state index contributed by atoms with van der Waals surface area (Å²) in [6.07, 6.45) is 6.57. The van der Waals surface area contributed by atoms with Crippen molar-refractivity contribution in [1.29, 1.82) is 0 Å². The Bertz CT molecular complexity index is 1360. The number of carbonyl (C=O) groups excluding carboxylic acids is 2. The first kappa shape index (κ1) is 26.8. The van der Waals surface area contributed by atoms with Crippen LogP contribution in [0.4, 0.5) is 14.5 Å². The van der Waals surface area contributed by atoms with E-state index in [0.717, 1.165) is 25.7 Å². The number of hydrogen-bond donors (Lipinski definition) is 3. The topological polar surface area (TPSA) is 127 Å². The van der Waals surface area contributed by atoms with Crippen molar-refractivity contribution < 1.29 is 18.4 Å². The van der Waals surface area contributed by atoms with Crippen molar-refractivity contribution >= 4 is 17.5 Å². The first-order valence-electron chi connectivity index (χ1n) is 13.4. The minimum atomic E-state index is -2.67. The SMILES string of the molecule is CC(C)n1nccc1C(=O)NC(C(=O)Nc1cnn(C(CC(F)F)c2ccc[nH]c2=O)c1)C(C1CC1)C1CC1. The maximum Gasteiger partial charge on any atom is 0.270 e. The number of H-pyrrole nitrogens is 1. The molecule has 2 atom stereocenters. The molecule has 2 aliphatic rings. The first-order valence-corrected chi connectivity index (χ1v) is 13.4. The van der Waals surface area contributed by atoms with Crippen LogP contribution in [-0.4, -0.2) is 48.8 Å². The first-order chi connectivity index (χ1) is 18.7. The molecule has 0 spiro atoms. The molecule has 39 heavy (non-hydrogen) atoms. The van der Waals surface area contributed by atoms with Crippen LogP contribution >= 0.6 is 0 Å². The highest BCUT2D eigenvalue weighted by Crippen LogP contribution is 2.51. The Hall–Kier alpha value is -3.83. The number of hydrogen-bond acceptors (Lipinski definition) is 5. The van der Waals surface area contributed by atoms with Crippen LogP contribution in [0.3, 0.4) is 0 Å². The number of alkyl halides is 2. The van der Waals surface area contributed by atoms with Gasteiger partial charge < -0.3 is 15.6 Å². The number of pyridine rings is 1. The van der Waals surface area contributed by atoms with E-state index >= 15 is 0 Å². The lowest BCUT2D eigenvalue weighted by molar-refractivity contribution is -0.119. The Balaban J connectivity index is 1.38. The molecule has 12 heteroatoms. The molecule has 0 saturated heterocycles. The number of nitrogens with one attached hydrogen (secondary N) is 3. The van der Waals surface area contributed by atoms with E-state index in [9.17, 15) is 23.2 Å². The summed E-state index contributed by atoms with van der Waals surface area (Å²) in [7, 11) is 0. The molecule has 0 aliphatic heterocycles. The molecule has 3 heterocycles. The zero-order valence-corrected chi connectivity index (χ0v) is 21.9. The van der Waals surface area contributed by atoms with Crippen molar-refractivity contribution in [2.75, 3.05) is 5.32 Å². The third-order valence-electron chi connectivity index (χ3n) is 7.48.